The Kier molecular flexibility index (Phi) is 4.49. The Morgan fingerprint density at radius 1 is 1.40 bits per heavy atom. The monoisotopic (exact) mass is 333 g/mol. The average molecular weight is 334 g/mol. The molecule has 0 atom stereocenters. The molecule has 0 radical (unpaired) electrons. The largest absolute Gasteiger partial charge is 0.573 e. The maximum Gasteiger partial charge on any atom is 0.573 e. The first kappa shape index (κ1) is 16.5. The minimum Gasteiger partial charge on any atom is -0.398 e. The molecule has 0 fully saturated rings. The maximum atomic E-state index is 12.2. The SMILES string of the molecule is CCc1cc(S(=O)(=O)Cl)cc([N+](=O)[O-])c1OC(F)(F)F. The summed E-state index contributed by atoms with van der Waals surface area (Å²) in [4.78, 5) is 8.93. The van der Waals surface area contributed by atoms with Gasteiger partial charge in [0.2, 0.25) is 5.75 Å². The van der Waals surface area contributed by atoms with Gasteiger partial charge in [-0.3, -0.25) is 10.1 Å². The van der Waals surface area contributed by atoms with Gasteiger partial charge in [-0.15, -0.1) is 13.2 Å². The molecule has 6 nitrogen and oxygen atoms in total. The van der Waals surface area contributed by atoms with Crippen LogP contribution in [0.25, 0.3) is 0 Å². The highest BCUT2D eigenvalue weighted by molar-refractivity contribution is 8.13. The van der Waals surface area contributed by atoms with E-state index in [0.29, 0.717) is 6.07 Å². The van der Waals surface area contributed by atoms with Crippen LogP contribution in [0.5, 0.6) is 5.75 Å². The molecule has 0 aliphatic rings. The van der Waals surface area contributed by atoms with Gasteiger partial charge in [0.25, 0.3) is 9.05 Å². The molecule has 0 N–H and O–H groups in total. The highest BCUT2D eigenvalue weighted by Gasteiger charge is 2.36. The fourth-order valence-corrected chi connectivity index (χ4v) is 2.22. The molecule has 0 amide bonds. The summed E-state index contributed by atoms with van der Waals surface area (Å²) in [6.45, 7) is 1.38. The lowest BCUT2D eigenvalue weighted by Gasteiger charge is -2.13. The van der Waals surface area contributed by atoms with Gasteiger partial charge in [0.1, 0.15) is 0 Å². The van der Waals surface area contributed by atoms with Crippen LogP contribution in [-0.4, -0.2) is 19.7 Å². The first-order valence-corrected chi connectivity index (χ1v) is 7.28. The van der Waals surface area contributed by atoms with Crippen molar-refractivity contribution in [2.45, 2.75) is 24.6 Å². The molecule has 1 aromatic rings. The van der Waals surface area contributed by atoms with E-state index >= 15 is 0 Å². The van der Waals surface area contributed by atoms with Gasteiger partial charge in [-0.2, -0.15) is 0 Å². The Hall–Kier alpha value is -1.55. The second-order valence-corrected chi connectivity index (χ2v) is 6.09. The van der Waals surface area contributed by atoms with Crippen molar-refractivity contribution in [2.24, 2.45) is 0 Å². The standard InChI is InChI=1S/C9H7ClF3NO5S/c1-2-5-3-6(20(10,17)18)4-7(14(15)16)8(5)19-9(11,12)13/h3-4H,2H2,1H3. The van der Waals surface area contributed by atoms with Gasteiger partial charge in [0, 0.05) is 22.3 Å². The number of hydrogen-bond donors (Lipinski definition) is 0. The number of alkyl halides is 3. The first-order valence-electron chi connectivity index (χ1n) is 4.97. The van der Waals surface area contributed by atoms with Crippen LogP contribution in [0.2, 0.25) is 0 Å². The van der Waals surface area contributed by atoms with Crippen molar-refractivity contribution in [3.8, 4) is 5.75 Å². The van der Waals surface area contributed by atoms with Gasteiger partial charge in [0.15, 0.2) is 0 Å². The van der Waals surface area contributed by atoms with Crippen LogP contribution in [0.3, 0.4) is 0 Å². The van der Waals surface area contributed by atoms with Crippen LogP contribution in [0, 0.1) is 10.1 Å². The van der Waals surface area contributed by atoms with Crippen molar-refractivity contribution in [3.63, 3.8) is 0 Å². The Bertz CT molecular complexity index is 644. The molecule has 0 unspecified atom stereocenters. The summed E-state index contributed by atoms with van der Waals surface area (Å²) < 4.78 is 62.6. The van der Waals surface area contributed by atoms with Gasteiger partial charge in [0.05, 0.1) is 9.82 Å². The number of nitrogens with zero attached hydrogens (tertiary/aromatic N) is 1. The second kappa shape index (κ2) is 5.44. The van der Waals surface area contributed by atoms with E-state index in [9.17, 15) is 31.7 Å². The molecule has 0 bridgehead atoms. The van der Waals surface area contributed by atoms with Crippen LogP contribution in [-0.2, 0) is 15.5 Å². The molecule has 0 heterocycles. The molecule has 0 aliphatic heterocycles. The molecule has 0 aliphatic carbocycles. The van der Waals surface area contributed by atoms with E-state index in [0.717, 1.165) is 6.07 Å². The zero-order valence-electron chi connectivity index (χ0n) is 9.77. The predicted molar refractivity (Wildman–Crippen MR) is 62.2 cm³/mol. The third-order valence-corrected chi connectivity index (χ3v) is 3.53. The summed E-state index contributed by atoms with van der Waals surface area (Å²) in [7, 11) is 0.715. The average Bonchev–Trinajstić information content (AvgIpc) is 2.25. The zero-order chi connectivity index (χ0) is 15.7. The molecular weight excluding hydrogens is 327 g/mol. The van der Waals surface area contributed by atoms with Crippen LogP contribution in [0.1, 0.15) is 12.5 Å². The lowest BCUT2D eigenvalue weighted by Crippen LogP contribution is -2.19. The van der Waals surface area contributed by atoms with Gasteiger partial charge < -0.3 is 4.74 Å². The van der Waals surface area contributed by atoms with Gasteiger partial charge in [-0.1, -0.05) is 6.92 Å². The molecule has 20 heavy (non-hydrogen) atoms. The third kappa shape index (κ3) is 3.97. The zero-order valence-corrected chi connectivity index (χ0v) is 11.3. The highest BCUT2D eigenvalue weighted by Crippen LogP contribution is 2.38. The molecule has 112 valence electrons. The van der Waals surface area contributed by atoms with Gasteiger partial charge >= 0.3 is 12.0 Å². The summed E-state index contributed by atoms with van der Waals surface area (Å²) in [6, 6.07) is 1.22. The predicted octanol–water partition coefficient (Wildman–Crippen LogP) is 2.98. The van der Waals surface area contributed by atoms with Gasteiger partial charge in [-0.05, 0) is 12.5 Å². The van der Waals surface area contributed by atoms with Crippen LogP contribution >= 0.6 is 10.7 Å². The number of benzene rings is 1. The quantitative estimate of drug-likeness (QED) is 0.480. The summed E-state index contributed by atoms with van der Waals surface area (Å²) in [5.41, 5.74) is -1.42. The highest BCUT2D eigenvalue weighted by atomic mass is 35.7. The second-order valence-electron chi connectivity index (χ2n) is 3.53. The van der Waals surface area contributed by atoms with Crippen LogP contribution in [0.4, 0.5) is 18.9 Å². The minimum atomic E-state index is -5.14. The fourth-order valence-electron chi connectivity index (χ4n) is 1.42. The van der Waals surface area contributed by atoms with Crippen molar-refractivity contribution in [2.75, 3.05) is 0 Å². The number of rotatable bonds is 4. The molecule has 0 aromatic heterocycles. The Morgan fingerprint density at radius 3 is 2.30 bits per heavy atom. The van der Waals surface area contributed by atoms with Crippen molar-refractivity contribution < 1.29 is 31.2 Å². The first-order chi connectivity index (χ1) is 8.95. The molecule has 11 heteroatoms. The number of ether oxygens (including phenoxy) is 1. The van der Waals surface area contributed by atoms with E-state index in [2.05, 4.69) is 4.74 Å². The van der Waals surface area contributed by atoms with E-state index in [1.807, 2.05) is 0 Å². The van der Waals surface area contributed by atoms with Crippen LogP contribution < -0.4 is 4.74 Å². The fraction of sp³-hybridized carbons (Fsp3) is 0.333. The summed E-state index contributed by atoms with van der Waals surface area (Å²) in [5.74, 6) is -1.05. The Balaban J connectivity index is 3.61. The van der Waals surface area contributed by atoms with Crippen molar-refractivity contribution in [3.05, 3.63) is 27.8 Å². The van der Waals surface area contributed by atoms with E-state index in [1.165, 1.54) is 6.92 Å². The smallest absolute Gasteiger partial charge is 0.398 e. The van der Waals surface area contributed by atoms with E-state index in [4.69, 9.17) is 10.7 Å². The molecule has 0 spiro atoms. The van der Waals surface area contributed by atoms with Gasteiger partial charge in [-0.25, -0.2) is 8.42 Å². The van der Waals surface area contributed by atoms with E-state index < -0.39 is 36.7 Å². The molecule has 0 saturated heterocycles. The van der Waals surface area contributed by atoms with E-state index in [-0.39, 0.29) is 12.0 Å². The number of nitro groups is 1. The summed E-state index contributed by atoms with van der Waals surface area (Å²) in [6.07, 6.45) is -5.26. The van der Waals surface area contributed by atoms with Crippen molar-refractivity contribution in [1.29, 1.82) is 0 Å². The molecule has 1 aromatic carbocycles. The Morgan fingerprint density at radius 2 is 1.95 bits per heavy atom. The van der Waals surface area contributed by atoms with Crippen molar-refractivity contribution >= 4 is 25.4 Å². The number of hydrogen-bond acceptors (Lipinski definition) is 5. The molecular formula is C9H7ClF3NO5S. The lowest BCUT2D eigenvalue weighted by atomic mass is 10.1. The number of nitro benzene ring substituents is 1. The normalized spacial score (nSPS) is 12.2. The number of halogens is 4. The minimum absolute atomic E-state index is 0.119. The Labute approximate surface area is 115 Å². The third-order valence-electron chi connectivity index (χ3n) is 2.20. The summed E-state index contributed by atoms with van der Waals surface area (Å²) >= 11 is 0. The molecule has 0 saturated carbocycles. The number of aryl methyl sites for hydroxylation is 1. The van der Waals surface area contributed by atoms with E-state index in [1.54, 1.807) is 0 Å². The topological polar surface area (TPSA) is 86.5 Å². The molecule has 1 rings (SSSR count). The van der Waals surface area contributed by atoms with Crippen molar-refractivity contribution in [1.82, 2.24) is 0 Å². The summed E-state index contributed by atoms with van der Waals surface area (Å²) in [5, 5.41) is 10.8. The maximum absolute atomic E-state index is 12.2. The lowest BCUT2D eigenvalue weighted by molar-refractivity contribution is -0.389. The van der Waals surface area contributed by atoms with Crippen LogP contribution in [0.15, 0.2) is 17.0 Å².